The lowest BCUT2D eigenvalue weighted by Crippen LogP contribution is -2.21. The number of ether oxygens (including phenoxy) is 1. The van der Waals surface area contributed by atoms with Gasteiger partial charge in [-0.1, -0.05) is 29.1 Å². The minimum Gasteiger partial charge on any atom is -0.496 e. The van der Waals surface area contributed by atoms with Crippen molar-refractivity contribution in [2.24, 2.45) is 0 Å². The predicted octanol–water partition coefficient (Wildman–Crippen LogP) is 5.55. The van der Waals surface area contributed by atoms with E-state index in [0.29, 0.717) is 44.3 Å². The first-order valence-corrected chi connectivity index (χ1v) is 12.1. The number of rotatable bonds is 6. The fraction of sp³-hybridized carbons (Fsp3) is 0.167. The third kappa shape index (κ3) is 3.99. The van der Waals surface area contributed by atoms with E-state index in [-0.39, 0.29) is 11.4 Å². The van der Waals surface area contributed by atoms with Crippen LogP contribution in [0.5, 0.6) is 5.75 Å². The smallest absolute Gasteiger partial charge is 0.267 e. The van der Waals surface area contributed by atoms with Crippen LogP contribution in [0.1, 0.15) is 16.3 Å². The predicted molar refractivity (Wildman–Crippen MR) is 130 cm³/mol. The molecule has 0 amide bonds. The van der Waals surface area contributed by atoms with E-state index in [1.54, 1.807) is 19.2 Å². The molecular weight excluding hydrogens is 475 g/mol. The van der Waals surface area contributed by atoms with Gasteiger partial charge in [0.2, 0.25) is 11.7 Å². The molecule has 0 aliphatic rings. The number of nitrogens with zero attached hydrogens (tertiary/aromatic N) is 4. The molecule has 0 fully saturated rings. The van der Waals surface area contributed by atoms with Gasteiger partial charge < -0.3 is 9.26 Å². The minimum absolute atomic E-state index is 0.193. The number of methoxy groups -OCH3 is 1. The van der Waals surface area contributed by atoms with Gasteiger partial charge in [-0.2, -0.15) is 4.98 Å². The molecule has 0 aliphatic carbocycles. The highest BCUT2D eigenvalue weighted by Crippen LogP contribution is 2.32. The summed E-state index contributed by atoms with van der Waals surface area (Å²) in [6.45, 7) is 3.88. The third-order valence-electron chi connectivity index (χ3n) is 5.40. The summed E-state index contributed by atoms with van der Waals surface area (Å²) in [7, 11) is 1.58. The zero-order chi connectivity index (χ0) is 23.8. The molecule has 3 heterocycles. The van der Waals surface area contributed by atoms with Crippen molar-refractivity contribution in [2.75, 3.05) is 7.11 Å². The Bertz CT molecular complexity index is 1560. The minimum atomic E-state index is -0.377. The summed E-state index contributed by atoms with van der Waals surface area (Å²) in [5.41, 5.74) is 1.97. The Labute approximate surface area is 202 Å². The van der Waals surface area contributed by atoms with Crippen LogP contribution in [0, 0.1) is 19.7 Å². The van der Waals surface area contributed by atoms with Crippen molar-refractivity contribution in [3.05, 3.63) is 81.0 Å². The number of thioether (sulfide) groups is 1. The number of hydrogen-bond donors (Lipinski definition) is 0. The van der Waals surface area contributed by atoms with Crippen LogP contribution in [-0.2, 0) is 5.75 Å². The first-order chi connectivity index (χ1) is 16.5. The summed E-state index contributed by atoms with van der Waals surface area (Å²) in [6.07, 6.45) is 0. The molecular formula is C24H19FN4O3S2. The Hall–Kier alpha value is -3.50. The summed E-state index contributed by atoms with van der Waals surface area (Å²) in [4.78, 5) is 24.4. The highest BCUT2D eigenvalue weighted by atomic mass is 32.2. The van der Waals surface area contributed by atoms with Gasteiger partial charge in [-0.3, -0.25) is 9.36 Å². The molecule has 34 heavy (non-hydrogen) atoms. The van der Waals surface area contributed by atoms with Crippen LogP contribution < -0.4 is 10.3 Å². The maximum Gasteiger partial charge on any atom is 0.267 e. The van der Waals surface area contributed by atoms with E-state index >= 15 is 0 Å². The van der Waals surface area contributed by atoms with Gasteiger partial charge in [0.05, 0.1) is 29.5 Å². The van der Waals surface area contributed by atoms with Crippen LogP contribution in [0.2, 0.25) is 0 Å². The van der Waals surface area contributed by atoms with Crippen LogP contribution in [0.4, 0.5) is 4.39 Å². The molecule has 172 valence electrons. The first-order valence-electron chi connectivity index (χ1n) is 10.3. The van der Waals surface area contributed by atoms with Crippen molar-refractivity contribution in [1.82, 2.24) is 19.7 Å². The van der Waals surface area contributed by atoms with Gasteiger partial charge in [0, 0.05) is 4.88 Å². The molecule has 0 aliphatic heterocycles. The van der Waals surface area contributed by atoms with Crippen molar-refractivity contribution in [3.8, 4) is 22.8 Å². The number of benzene rings is 2. The topological polar surface area (TPSA) is 83.0 Å². The first kappa shape index (κ1) is 22.3. The largest absolute Gasteiger partial charge is 0.496 e. The molecule has 2 aromatic carbocycles. The Kier molecular flexibility index (Phi) is 5.93. The zero-order valence-electron chi connectivity index (χ0n) is 18.5. The monoisotopic (exact) mass is 494 g/mol. The summed E-state index contributed by atoms with van der Waals surface area (Å²) in [5.74, 6) is 1.35. The molecule has 3 aromatic heterocycles. The highest BCUT2D eigenvalue weighted by Gasteiger charge is 2.20. The van der Waals surface area contributed by atoms with Crippen molar-refractivity contribution in [3.63, 3.8) is 0 Å². The third-order valence-corrected chi connectivity index (χ3v) is 7.42. The lowest BCUT2D eigenvalue weighted by molar-refractivity contribution is 0.390. The second-order valence-electron chi connectivity index (χ2n) is 7.48. The van der Waals surface area contributed by atoms with Crippen LogP contribution >= 0.6 is 23.1 Å². The summed E-state index contributed by atoms with van der Waals surface area (Å²) >= 11 is 2.78. The van der Waals surface area contributed by atoms with Crippen molar-refractivity contribution in [2.45, 2.75) is 24.8 Å². The highest BCUT2D eigenvalue weighted by molar-refractivity contribution is 7.98. The molecule has 0 N–H and O–H groups in total. The van der Waals surface area contributed by atoms with Gasteiger partial charge >= 0.3 is 0 Å². The van der Waals surface area contributed by atoms with Gasteiger partial charge in [0.25, 0.3) is 5.56 Å². The molecule has 0 saturated carbocycles. The Morgan fingerprint density at radius 1 is 1.12 bits per heavy atom. The number of thiophene rings is 1. The van der Waals surface area contributed by atoms with E-state index in [0.717, 1.165) is 16.0 Å². The maximum atomic E-state index is 13.5. The standard InChI is InChI=1S/C24H19FN4O3S2/c1-13-14(2)34-22-20(13)23(30)29(16-10-8-15(25)9-11-16)24(27-22)33-12-19-26-21(28-32-19)17-6-4-5-7-18(17)31-3/h4-11H,12H2,1-3H3. The van der Waals surface area contributed by atoms with Gasteiger partial charge in [-0.05, 0) is 55.8 Å². The molecule has 0 spiro atoms. The fourth-order valence-corrected chi connectivity index (χ4v) is 5.49. The molecule has 5 aromatic rings. The number of aromatic nitrogens is 4. The second-order valence-corrected chi connectivity index (χ2v) is 9.62. The van der Waals surface area contributed by atoms with Gasteiger partial charge in [0.15, 0.2) is 5.16 Å². The van der Waals surface area contributed by atoms with Crippen LogP contribution in [0.25, 0.3) is 27.3 Å². The summed E-state index contributed by atoms with van der Waals surface area (Å²) in [5, 5.41) is 5.11. The normalized spacial score (nSPS) is 11.3. The van der Waals surface area contributed by atoms with Gasteiger partial charge in [-0.25, -0.2) is 9.37 Å². The van der Waals surface area contributed by atoms with Crippen LogP contribution in [-0.4, -0.2) is 26.8 Å². The van der Waals surface area contributed by atoms with Crippen LogP contribution in [0.15, 0.2) is 63.0 Å². The summed E-state index contributed by atoms with van der Waals surface area (Å²) < 4.78 is 25.9. The molecule has 10 heteroatoms. The molecule has 0 radical (unpaired) electrons. The Morgan fingerprint density at radius 3 is 2.65 bits per heavy atom. The van der Waals surface area contributed by atoms with Crippen molar-refractivity contribution >= 4 is 33.3 Å². The number of para-hydroxylation sites is 1. The molecule has 0 atom stereocenters. The fourth-order valence-electron chi connectivity index (χ4n) is 3.57. The van der Waals surface area contributed by atoms with Crippen molar-refractivity contribution < 1.29 is 13.7 Å². The summed E-state index contributed by atoms with van der Waals surface area (Å²) in [6, 6.07) is 13.2. The van der Waals surface area contributed by atoms with Gasteiger partial charge in [0.1, 0.15) is 16.4 Å². The molecule has 0 unspecified atom stereocenters. The Morgan fingerprint density at radius 2 is 1.88 bits per heavy atom. The van der Waals surface area contributed by atoms with Crippen molar-refractivity contribution in [1.29, 1.82) is 0 Å². The quantitative estimate of drug-likeness (QED) is 0.226. The van der Waals surface area contributed by atoms with Gasteiger partial charge in [-0.15, -0.1) is 11.3 Å². The van der Waals surface area contributed by atoms with Crippen LogP contribution in [0.3, 0.4) is 0 Å². The molecule has 0 bridgehead atoms. The van der Waals surface area contributed by atoms with E-state index in [9.17, 15) is 9.18 Å². The molecule has 7 nitrogen and oxygen atoms in total. The lowest BCUT2D eigenvalue weighted by atomic mass is 10.2. The number of aryl methyl sites for hydroxylation is 2. The second kappa shape index (κ2) is 9.03. The van der Waals surface area contributed by atoms with E-state index in [1.807, 2.05) is 38.1 Å². The van der Waals surface area contributed by atoms with E-state index < -0.39 is 0 Å². The van der Waals surface area contributed by atoms with E-state index in [4.69, 9.17) is 14.2 Å². The maximum absolute atomic E-state index is 13.5. The molecule has 5 rings (SSSR count). The number of halogens is 1. The number of hydrogen-bond acceptors (Lipinski definition) is 8. The number of fused-ring (bicyclic) bond motifs is 1. The zero-order valence-corrected chi connectivity index (χ0v) is 20.2. The average Bonchev–Trinajstić information content (AvgIpc) is 3.43. The molecule has 0 saturated heterocycles. The average molecular weight is 495 g/mol. The van der Waals surface area contributed by atoms with E-state index in [2.05, 4.69) is 10.1 Å². The van der Waals surface area contributed by atoms with E-state index in [1.165, 1.54) is 39.8 Å². The SMILES string of the molecule is COc1ccccc1-c1noc(CSc2nc3sc(C)c(C)c3c(=O)n2-c2ccc(F)cc2)n1. The lowest BCUT2D eigenvalue weighted by Gasteiger charge is -2.11. The Balaban J connectivity index is 1.53.